The van der Waals surface area contributed by atoms with Gasteiger partial charge in [-0.1, -0.05) is 17.3 Å². The summed E-state index contributed by atoms with van der Waals surface area (Å²) in [6.45, 7) is 0. The SMILES string of the molecule is CS(=O)(=O)O.CSc1ccc(C(=NO)C(F)(F)F)cc1. The zero-order valence-corrected chi connectivity index (χ0v) is 12.1. The molecular weight excluding hydrogens is 319 g/mol. The van der Waals surface area contributed by atoms with E-state index >= 15 is 0 Å². The second kappa shape index (κ2) is 7.50. The van der Waals surface area contributed by atoms with Gasteiger partial charge in [0.1, 0.15) is 0 Å². The van der Waals surface area contributed by atoms with Crippen molar-refractivity contribution in [1.29, 1.82) is 0 Å². The Bertz CT molecular complexity index is 545. The maximum atomic E-state index is 12.3. The number of benzene rings is 1. The number of oxime groups is 1. The first-order valence-electron chi connectivity index (χ1n) is 4.85. The van der Waals surface area contributed by atoms with Crippen molar-refractivity contribution in [3.63, 3.8) is 0 Å². The van der Waals surface area contributed by atoms with Gasteiger partial charge in [0.05, 0.1) is 6.26 Å². The summed E-state index contributed by atoms with van der Waals surface area (Å²) in [5, 5.41) is 10.6. The van der Waals surface area contributed by atoms with Crippen LogP contribution in [-0.4, -0.2) is 42.6 Å². The molecule has 0 aliphatic heterocycles. The lowest BCUT2D eigenvalue weighted by atomic mass is 10.1. The van der Waals surface area contributed by atoms with E-state index in [1.54, 1.807) is 0 Å². The highest BCUT2D eigenvalue weighted by atomic mass is 32.2. The Labute approximate surface area is 118 Å². The van der Waals surface area contributed by atoms with E-state index in [-0.39, 0.29) is 5.56 Å². The highest BCUT2D eigenvalue weighted by Gasteiger charge is 2.37. The van der Waals surface area contributed by atoms with Crippen molar-refractivity contribution in [3.05, 3.63) is 29.8 Å². The molecule has 20 heavy (non-hydrogen) atoms. The lowest BCUT2D eigenvalue weighted by molar-refractivity contribution is -0.0601. The first-order valence-corrected chi connectivity index (χ1v) is 7.92. The number of alkyl halides is 3. The molecule has 0 fully saturated rings. The van der Waals surface area contributed by atoms with Gasteiger partial charge in [-0.05, 0) is 18.4 Å². The van der Waals surface area contributed by atoms with E-state index in [1.165, 1.54) is 36.0 Å². The van der Waals surface area contributed by atoms with Gasteiger partial charge >= 0.3 is 6.18 Å². The third-order valence-corrected chi connectivity index (χ3v) is 2.48. The quantitative estimate of drug-likeness (QED) is 0.286. The zero-order chi connectivity index (χ0) is 16.0. The van der Waals surface area contributed by atoms with Gasteiger partial charge in [0, 0.05) is 10.5 Å². The minimum atomic E-state index is -4.64. The summed E-state index contributed by atoms with van der Waals surface area (Å²) in [5.74, 6) is 0. The standard InChI is InChI=1S/C9H8F3NOS.CH4O3S/c1-15-7-4-2-6(3-5-7)8(13-14)9(10,11)12;1-5(2,3)4/h2-5,14H,1H3;1H3,(H,2,3,4). The van der Waals surface area contributed by atoms with E-state index in [2.05, 4.69) is 5.16 Å². The molecule has 1 aromatic carbocycles. The fraction of sp³-hybridized carbons (Fsp3) is 0.300. The van der Waals surface area contributed by atoms with Gasteiger partial charge < -0.3 is 5.21 Å². The molecule has 5 nitrogen and oxygen atoms in total. The van der Waals surface area contributed by atoms with Crippen LogP contribution in [0.5, 0.6) is 0 Å². The monoisotopic (exact) mass is 331 g/mol. The van der Waals surface area contributed by atoms with Crippen LogP contribution in [0, 0.1) is 0 Å². The van der Waals surface area contributed by atoms with E-state index in [9.17, 15) is 21.6 Å². The molecule has 0 saturated carbocycles. The number of nitrogens with zero attached hydrogens (tertiary/aromatic N) is 1. The average Bonchev–Trinajstić information content (AvgIpc) is 2.27. The number of hydrogen-bond acceptors (Lipinski definition) is 5. The molecule has 114 valence electrons. The maximum Gasteiger partial charge on any atom is 0.437 e. The first kappa shape index (κ1) is 18.7. The second-order valence-corrected chi connectivity index (χ2v) is 5.75. The predicted octanol–water partition coefficient (Wildman–Crippen LogP) is 2.65. The smallest absolute Gasteiger partial charge is 0.410 e. The first-order chi connectivity index (χ1) is 8.99. The van der Waals surface area contributed by atoms with Gasteiger partial charge in [0.15, 0.2) is 5.71 Å². The molecular formula is C10H12F3NO4S2. The molecule has 2 N–H and O–H groups in total. The van der Waals surface area contributed by atoms with Crippen LogP contribution in [0.2, 0.25) is 0 Å². The molecule has 0 spiro atoms. The van der Waals surface area contributed by atoms with Gasteiger partial charge in [-0.15, -0.1) is 11.8 Å². The van der Waals surface area contributed by atoms with E-state index < -0.39 is 22.0 Å². The van der Waals surface area contributed by atoms with Crippen LogP contribution < -0.4 is 0 Å². The number of halogens is 3. The van der Waals surface area contributed by atoms with Gasteiger partial charge in [0.25, 0.3) is 10.1 Å². The lowest BCUT2D eigenvalue weighted by Gasteiger charge is -2.08. The highest BCUT2D eigenvalue weighted by molar-refractivity contribution is 7.98. The Morgan fingerprint density at radius 3 is 1.90 bits per heavy atom. The van der Waals surface area contributed by atoms with Crippen molar-refractivity contribution in [1.82, 2.24) is 0 Å². The molecule has 0 aromatic heterocycles. The lowest BCUT2D eigenvalue weighted by Crippen LogP contribution is -2.23. The third kappa shape index (κ3) is 8.02. The molecule has 0 aliphatic rings. The average molecular weight is 331 g/mol. The Kier molecular flexibility index (Phi) is 7.03. The molecule has 0 unspecified atom stereocenters. The summed E-state index contributed by atoms with van der Waals surface area (Å²) < 4.78 is 62.7. The molecule has 0 bridgehead atoms. The van der Waals surface area contributed by atoms with Gasteiger partial charge in [-0.25, -0.2) is 0 Å². The molecule has 10 heteroatoms. The van der Waals surface area contributed by atoms with Crippen LogP contribution in [0.3, 0.4) is 0 Å². The van der Waals surface area contributed by atoms with Crippen LogP contribution in [0.4, 0.5) is 13.2 Å². The van der Waals surface area contributed by atoms with Gasteiger partial charge in [-0.3, -0.25) is 4.55 Å². The van der Waals surface area contributed by atoms with Crippen LogP contribution in [0.1, 0.15) is 5.56 Å². The third-order valence-electron chi connectivity index (χ3n) is 1.73. The number of thioether (sulfide) groups is 1. The maximum absolute atomic E-state index is 12.3. The largest absolute Gasteiger partial charge is 0.437 e. The summed E-state index contributed by atoms with van der Waals surface area (Å²) in [6.07, 6.45) is -2.11. The van der Waals surface area contributed by atoms with E-state index in [1.807, 2.05) is 6.26 Å². The second-order valence-electron chi connectivity index (χ2n) is 3.41. The number of rotatable bonds is 2. The van der Waals surface area contributed by atoms with E-state index in [0.717, 1.165) is 4.90 Å². The molecule has 0 radical (unpaired) electrons. The van der Waals surface area contributed by atoms with Crippen molar-refractivity contribution >= 4 is 27.6 Å². The highest BCUT2D eigenvalue weighted by Crippen LogP contribution is 2.24. The molecule has 0 aliphatic carbocycles. The minimum Gasteiger partial charge on any atom is -0.410 e. The zero-order valence-electron chi connectivity index (χ0n) is 10.4. The molecule has 1 rings (SSSR count). The number of hydrogen-bond donors (Lipinski definition) is 2. The summed E-state index contributed by atoms with van der Waals surface area (Å²) in [5.41, 5.74) is -1.43. The van der Waals surface area contributed by atoms with E-state index in [4.69, 9.17) is 9.76 Å². The normalized spacial score (nSPS) is 12.6. The van der Waals surface area contributed by atoms with Crippen molar-refractivity contribution < 1.29 is 31.3 Å². The van der Waals surface area contributed by atoms with Crippen LogP contribution >= 0.6 is 11.8 Å². The fourth-order valence-corrected chi connectivity index (χ4v) is 1.44. The van der Waals surface area contributed by atoms with Crippen LogP contribution in [0.25, 0.3) is 0 Å². The molecule has 0 saturated heterocycles. The summed E-state index contributed by atoms with van der Waals surface area (Å²) in [6, 6.07) is 5.62. The molecule has 0 atom stereocenters. The van der Waals surface area contributed by atoms with Crippen molar-refractivity contribution in [2.45, 2.75) is 11.1 Å². The molecule has 1 aromatic rings. The summed E-state index contributed by atoms with van der Waals surface area (Å²) in [4.78, 5) is 0.846. The predicted molar refractivity (Wildman–Crippen MR) is 70.1 cm³/mol. The van der Waals surface area contributed by atoms with Gasteiger partial charge in [-0.2, -0.15) is 21.6 Å². The summed E-state index contributed by atoms with van der Waals surface area (Å²) in [7, 11) is -3.67. The van der Waals surface area contributed by atoms with Crippen LogP contribution in [0.15, 0.2) is 34.3 Å². The Balaban J connectivity index is 0.000000621. The van der Waals surface area contributed by atoms with Crippen molar-refractivity contribution in [3.8, 4) is 0 Å². The Hall–Kier alpha value is -1.26. The van der Waals surface area contributed by atoms with Gasteiger partial charge in [0.2, 0.25) is 0 Å². The fourth-order valence-electron chi connectivity index (χ4n) is 1.03. The Morgan fingerprint density at radius 1 is 1.25 bits per heavy atom. The van der Waals surface area contributed by atoms with Crippen LogP contribution in [-0.2, 0) is 10.1 Å². The topological polar surface area (TPSA) is 87.0 Å². The molecule has 0 heterocycles. The Morgan fingerprint density at radius 2 is 1.65 bits per heavy atom. The minimum absolute atomic E-state index is 0.150. The van der Waals surface area contributed by atoms with E-state index in [0.29, 0.717) is 6.26 Å². The molecule has 0 amide bonds. The van der Waals surface area contributed by atoms with Crippen molar-refractivity contribution in [2.75, 3.05) is 12.5 Å². The van der Waals surface area contributed by atoms with Crippen molar-refractivity contribution in [2.24, 2.45) is 5.16 Å². The summed E-state index contributed by atoms with van der Waals surface area (Å²) >= 11 is 1.42.